The maximum atomic E-state index is 12.0. The molecular weight excluding hydrogens is 399 g/mol. The van der Waals surface area contributed by atoms with Gasteiger partial charge >= 0.3 is 5.97 Å². The molecule has 7 nitrogen and oxygen atoms in total. The van der Waals surface area contributed by atoms with Crippen LogP contribution in [0.3, 0.4) is 0 Å². The minimum atomic E-state index is -3.81. The van der Waals surface area contributed by atoms with Gasteiger partial charge in [0.25, 0.3) is 0 Å². The Labute approximate surface area is 128 Å². The molecule has 0 spiro atoms. The van der Waals surface area contributed by atoms with Gasteiger partial charge in [0.1, 0.15) is 0 Å². The van der Waals surface area contributed by atoms with Gasteiger partial charge < -0.3 is 9.63 Å². The van der Waals surface area contributed by atoms with Gasteiger partial charge in [-0.1, -0.05) is 5.16 Å². The van der Waals surface area contributed by atoms with Gasteiger partial charge in [-0.25, -0.2) is 17.9 Å². The summed E-state index contributed by atoms with van der Waals surface area (Å²) in [4.78, 5) is 10.9. The smallest absolute Gasteiger partial charge is 0.336 e. The molecule has 9 heteroatoms. The van der Waals surface area contributed by atoms with E-state index < -0.39 is 16.0 Å². The van der Waals surface area contributed by atoms with Gasteiger partial charge in [-0.05, 0) is 40.8 Å². The Morgan fingerprint density at radius 1 is 1.40 bits per heavy atom. The van der Waals surface area contributed by atoms with Crippen molar-refractivity contribution in [1.29, 1.82) is 0 Å². The summed E-state index contributed by atoms with van der Waals surface area (Å²) in [5.74, 6) is -0.820. The molecule has 0 radical (unpaired) electrons. The van der Waals surface area contributed by atoms with Gasteiger partial charge in [-0.3, -0.25) is 0 Å². The summed E-state index contributed by atoms with van der Waals surface area (Å²) in [6.45, 7) is -0.0588. The first kappa shape index (κ1) is 14.9. The maximum absolute atomic E-state index is 12.0. The highest BCUT2D eigenvalue weighted by molar-refractivity contribution is 14.1. The zero-order valence-corrected chi connectivity index (χ0v) is 12.9. The Bertz CT molecular complexity index is 727. The van der Waals surface area contributed by atoms with Crippen LogP contribution in [0.4, 0.5) is 0 Å². The largest absolute Gasteiger partial charge is 0.478 e. The Morgan fingerprint density at radius 3 is 2.75 bits per heavy atom. The van der Waals surface area contributed by atoms with E-state index in [0.29, 0.717) is 9.33 Å². The number of carboxylic acids is 1. The van der Waals surface area contributed by atoms with Gasteiger partial charge in [0.2, 0.25) is 10.0 Å². The standard InChI is InChI=1S/C11H9IN2O5S/c12-10-2-1-8(5-9(10)11(15)16)20(17,18)14-6-7-3-4-13-19-7/h1-5,14H,6H2,(H,15,16). The van der Waals surface area contributed by atoms with Gasteiger partial charge in [-0.15, -0.1) is 0 Å². The van der Waals surface area contributed by atoms with Crippen LogP contribution < -0.4 is 4.72 Å². The van der Waals surface area contributed by atoms with E-state index in [-0.39, 0.29) is 17.0 Å². The minimum Gasteiger partial charge on any atom is -0.478 e. The summed E-state index contributed by atoms with van der Waals surface area (Å²) < 4.78 is 31.6. The molecule has 0 fully saturated rings. The van der Waals surface area contributed by atoms with Crippen LogP contribution in [-0.4, -0.2) is 24.7 Å². The Morgan fingerprint density at radius 2 is 2.15 bits per heavy atom. The molecule has 106 valence electrons. The first-order chi connectivity index (χ1) is 9.40. The number of hydrogen-bond donors (Lipinski definition) is 2. The fraction of sp³-hybridized carbons (Fsp3) is 0.0909. The highest BCUT2D eigenvalue weighted by Gasteiger charge is 2.18. The third-order valence-corrected chi connectivity index (χ3v) is 4.75. The maximum Gasteiger partial charge on any atom is 0.336 e. The molecule has 0 atom stereocenters. The molecule has 0 aliphatic rings. The van der Waals surface area contributed by atoms with Crippen molar-refractivity contribution in [3.63, 3.8) is 0 Å². The number of nitrogens with one attached hydrogen (secondary N) is 1. The van der Waals surface area contributed by atoms with Crippen LogP contribution in [0.5, 0.6) is 0 Å². The number of sulfonamides is 1. The average Bonchev–Trinajstić information content (AvgIpc) is 2.89. The number of nitrogens with zero attached hydrogens (tertiary/aromatic N) is 1. The van der Waals surface area contributed by atoms with Crippen LogP contribution in [0.2, 0.25) is 0 Å². The molecule has 2 aromatic rings. The Balaban J connectivity index is 2.25. The van der Waals surface area contributed by atoms with E-state index in [1.165, 1.54) is 24.4 Å². The minimum absolute atomic E-state index is 0.0588. The van der Waals surface area contributed by atoms with E-state index in [9.17, 15) is 13.2 Å². The monoisotopic (exact) mass is 408 g/mol. The first-order valence-corrected chi connectivity index (χ1v) is 7.88. The lowest BCUT2D eigenvalue weighted by Gasteiger charge is -2.07. The zero-order chi connectivity index (χ0) is 14.8. The van der Waals surface area contributed by atoms with Crippen molar-refractivity contribution in [1.82, 2.24) is 9.88 Å². The summed E-state index contributed by atoms with van der Waals surface area (Å²) in [5.41, 5.74) is -0.0619. The van der Waals surface area contributed by atoms with Crippen molar-refractivity contribution in [2.75, 3.05) is 0 Å². The molecule has 2 N–H and O–H groups in total. The second kappa shape index (κ2) is 5.89. The molecule has 1 aromatic heterocycles. The summed E-state index contributed by atoms with van der Waals surface area (Å²) in [6, 6.07) is 5.43. The number of benzene rings is 1. The van der Waals surface area contributed by atoms with Crippen molar-refractivity contribution >= 4 is 38.6 Å². The Kier molecular flexibility index (Phi) is 4.40. The molecule has 0 aliphatic heterocycles. The number of rotatable bonds is 5. The average molecular weight is 408 g/mol. The lowest BCUT2D eigenvalue weighted by Crippen LogP contribution is -2.23. The molecule has 1 heterocycles. The molecule has 0 unspecified atom stereocenters. The van der Waals surface area contributed by atoms with Crippen molar-refractivity contribution in [3.05, 3.63) is 45.4 Å². The fourth-order valence-corrected chi connectivity index (χ4v) is 3.00. The van der Waals surface area contributed by atoms with Crippen LogP contribution in [0, 0.1) is 3.57 Å². The molecule has 0 bridgehead atoms. The second-order valence-corrected chi connectivity index (χ2v) is 6.68. The highest BCUT2D eigenvalue weighted by atomic mass is 127. The normalized spacial score (nSPS) is 11.4. The van der Waals surface area contributed by atoms with Crippen molar-refractivity contribution in [2.45, 2.75) is 11.4 Å². The van der Waals surface area contributed by atoms with E-state index in [0.717, 1.165) is 6.07 Å². The van der Waals surface area contributed by atoms with Crippen LogP contribution in [0.15, 0.2) is 39.9 Å². The van der Waals surface area contributed by atoms with Crippen molar-refractivity contribution in [3.8, 4) is 0 Å². The Hall–Kier alpha value is -1.46. The number of aromatic nitrogens is 1. The molecule has 0 saturated carbocycles. The molecule has 1 aromatic carbocycles. The van der Waals surface area contributed by atoms with E-state index in [1.807, 2.05) is 22.6 Å². The first-order valence-electron chi connectivity index (χ1n) is 5.32. The number of aromatic carboxylic acids is 1. The second-order valence-electron chi connectivity index (χ2n) is 3.75. The predicted molar refractivity (Wildman–Crippen MR) is 76.6 cm³/mol. The number of carboxylic acid groups (broad SMARTS) is 1. The van der Waals surface area contributed by atoms with Crippen LogP contribution in [0.25, 0.3) is 0 Å². The molecule has 2 rings (SSSR count). The van der Waals surface area contributed by atoms with Crippen molar-refractivity contribution < 1.29 is 22.8 Å². The predicted octanol–water partition coefficient (Wildman–Crippen LogP) is 1.46. The van der Waals surface area contributed by atoms with Crippen LogP contribution >= 0.6 is 22.6 Å². The van der Waals surface area contributed by atoms with E-state index in [2.05, 4.69) is 9.88 Å². The van der Waals surface area contributed by atoms with Gasteiger partial charge in [0.15, 0.2) is 5.76 Å². The molecule has 20 heavy (non-hydrogen) atoms. The molecule has 0 saturated heterocycles. The number of hydrogen-bond acceptors (Lipinski definition) is 5. The van der Waals surface area contributed by atoms with Gasteiger partial charge in [-0.2, -0.15) is 0 Å². The van der Waals surface area contributed by atoms with Crippen molar-refractivity contribution in [2.24, 2.45) is 0 Å². The lowest BCUT2D eigenvalue weighted by molar-refractivity contribution is 0.0695. The summed E-state index contributed by atoms with van der Waals surface area (Å²) in [6.07, 6.45) is 1.40. The van der Waals surface area contributed by atoms with E-state index in [1.54, 1.807) is 0 Å². The SMILES string of the molecule is O=C(O)c1cc(S(=O)(=O)NCc2ccno2)ccc1I. The molecule has 0 amide bonds. The third-order valence-electron chi connectivity index (χ3n) is 2.41. The summed E-state index contributed by atoms with van der Waals surface area (Å²) in [5, 5.41) is 12.4. The van der Waals surface area contributed by atoms with E-state index in [4.69, 9.17) is 9.63 Å². The fourth-order valence-electron chi connectivity index (χ4n) is 1.42. The van der Waals surface area contributed by atoms with Gasteiger partial charge in [0, 0.05) is 9.64 Å². The quantitative estimate of drug-likeness (QED) is 0.726. The highest BCUT2D eigenvalue weighted by Crippen LogP contribution is 2.18. The van der Waals surface area contributed by atoms with E-state index >= 15 is 0 Å². The lowest BCUT2D eigenvalue weighted by atomic mass is 10.2. The number of halogens is 1. The summed E-state index contributed by atoms with van der Waals surface area (Å²) >= 11 is 1.83. The third kappa shape index (κ3) is 3.35. The molecule has 0 aliphatic carbocycles. The van der Waals surface area contributed by atoms with Gasteiger partial charge in [0.05, 0.1) is 23.2 Å². The topological polar surface area (TPSA) is 110 Å². The number of carbonyl (C=O) groups is 1. The van der Waals surface area contributed by atoms with Crippen LogP contribution in [0.1, 0.15) is 16.1 Å². The zero-order valence-electron chi connectivity index (χ0n) is 9.91. The molecular formula is C11H9IN2O5S. The summed E-state index contributed by atoms with van der Waals surface area (Å²) in [7, 11) is -3.81. The van der Waals surface area contributed by atoms with Crippen LogP contribution in [-0.2, 0) is 16.6 Å².